The largest absolute Gasteiger partial charge is 0.288 e. The molecule has 2 aliphatic heterocycles. The van der Waals surface area contributed by atoms with Crippen molar-refractivity contribution in [3.63, 3.8) is 0 Å². The molecule has 0 spiro atoms. The van der Waals surface area contributed by atoms with E-state index in [1.54, 1.807) is 0 Å². The highest BCUT2D eigenvalue weighted by atomic mass is 35.5. The maximum Gasteiger partial charge on any atom is 0.202 e. The molecule has 4 aromatic rings. The van der Waals surface area contributed by atoms with Gasteiger partial charge < -0.3 is 0 Å². The minimum Gasteiger partial charge on any atom is -0.288 e. The predicted molar refractivity (Wildman–Crippen MR) is 125 cm³/mol. The Morgan fingerprint density at radius 1 is 0.600 bits per heavy atom. The highest BCUT2D eigenvalue weighted by Crippen LogP contribution is 2.54. The molecule has 0 amide bonds. The lowest BCUT2D eigenvalue weighted by Gasteiger charge is -2.04. The third kappa shape index (κ3) is 2.48. The standard InChI is InChI=1S/C24H10Cl2O2S2/c25-17-13-7-3-1-5-11(13)9-15-19(27)23(29-21(15)17)24-20(28)16-10-12-6-2-4-8-14(12)18(26)22(16)30-24/h1-10H/b24-23+. The van der Waals surface area contributed by atoms with Gasteiger partial charge >= 0.3 is 0 Å². The Labute approximate surface area is 190 Å². The molecule has 6 rings (SSSR count). The van der Waals surface area contributed by atoms with Gasteiger partial charge in [-0.1, -0.05) is 95.3 Å². The van der Waals surface area contributed by atoms with Crippen molar-refractivity contribution in [2.45, 2.75) is 9.79 Å². The van der Waals surface area contributed by atoms with Crippen LogP contribution in [0.5, 0.6) is 0 Å². The van der Waals surface area contributed by atoms with Gasteiger partial charge in [0, 0.05) is 31.7 Å². The summed E-state index contributed by atoms with van der Waals surface area (Å²) in [6, 6.07) is 19.1. The number of hydrogen-bond acceptors (Lipinski definition) is 4. The third-order valence-corrected chi connectivity index (χ3v) is 8.98. The van der Waals surface area contributed by atoms with E-state index in [4.69, 9.17) is 23.2 Å². The summed E-state index contributed by atoms with van der Waals surface area (Å²) in [5.74, 6) is -0.320. The third-order valence-electron chi connectivity index (χ3n) is 5.40. The van der Waals surface area contributed by atoms with Gasteiger partial charge in [-0.25, -0.2) is 0 Å². The summed E-state index contributed by atoms with van der Waals surface area (Å²) in [6.07, 6.45) is 0. The first-order valence-electron chi connectivity index (χ1n) is 9.16. The van der Waals surface area contributed by atoms with E-state index in [1.807, 2.05) is 60.7 Å². The van der Waals surface area contributed by atoms with Crippen LogP contribution in [0.4, 0.5) is 0 Å². The predicted octanol–water partition coefficient (Wildman–Crippen LogP) is 7.79. The summed E-state index contributed by atoms with van der Waals surface area (Å²) in [7, 11) is 0. The Bertz CT molecular complexity index is 1390. The van der Waals surface area contributed by atoms with Crippen LogP contribution < -0.4 is 0 Å². The number of rotatable bonds is 0. The van der Waals surface area contributed by atoms with E-state index < -0.39 is 0 Å². The number of allylic oxidation sites excluding steroid dienone is 2. The van der Waals surface area contributed by atoms with Gasteiger partial charge in [0.15, 0.2) is 0 Å². The van der Waals surface area contributed by atoms with Gasteiger partial charge in [0.05, 0.1) is 19.9 Å². The first kappa shape index (κ1) is 18.5. The molecule has 0 unspecified atom stereocenters. The number of hydrogen-bond donors (Lipinski definition) is 0. The Kier molecular flexibility index (Phi) is 4.09. The molecule has 6 heteroatoms. The molecule has 0 fully saturated rings. The number of fused-ring (bicyclic) bond motifs is 4. The van der Waals surface area contributed by atoms with E-state index in [1.165, 1.54) is 23.5 Å². The number of ketones is 2. The first-order valence-corrected chi connectivity index (χ1v) is 11.6. The molecular formula is C24H10Cl2O2S2. The number of benzene rings is 4. The second kappa shape index (κ2) is 6.63. The Hall–Kier alpha value is -2.24. The van der Waals surface area contributed by atoms with Gasteiger partial charge in [0.2, 0.25) is 11.6 Å². The van der Waals surface area contributed by atoms with Crippen molar-refractivity contribution in [2.75, 3.05) is 0 Å². The van der Waals surface area contributed by atoms with Crippen molar-refractivity contribution in [3.8, 4) is 0 Å². The Morgan fingerprint density at radius 3 is 1.43 bits per heavy atom. The summed E-state index contributed by atoms with van der Waals surface area (Å²) in [4.78, 5) is 28.8. The average Bonchev–Trinajstić information content (AvgIpc) is 3.26. The van der Waals surface area contributed by atoms with Gasteiger partial charge in [-0.3, -0.25) is 9.59 Å². The number of Topliss-reactive ketones (excluding diaryl/α,β-unsaturated/α-hetero) is 2. The molecule has 0 saturated heterocycles. The number of thioether (sulfide) groups is 2. The molecule has 0 aliphatic carbocycles. The molecule has 0 N–H and O–H groups in total. The zero-order chi connectivity index (χ0) is 20.6. The lowest BCUT2D eigenvalue weighted by molar-refractivity contribution is 0.101. The molecule has 2 aliphatic rings. The summed E-state index contributed by atoms with van der Waals surface area (Å²) in [5, 5.41) is 4.70. The highest BCUT2D eigenvalue weighted by molar-refractivity contribution is 8.08. The smallest absolute Gasteiger partial charge is 0.202 e. The van der Waals surface area contributed by atoms with Crippen LogP contribution in [0.2, 0.25) is 10.0 Å². The summed E-state index contributed by atoms with van der Waals surface area (Å²) in [5.41, 5.74) is 1.10. The maximum atomic E-state index is 13.3. The van der Waals surface area contributed by atoms with E-state index in [-0.39, 0.29) is 11.6 Å². The Morgan fingerprint density at radius 2 is 1.00 bits per heavy atom. The number of carbonyl (C=O) groups is 2. The van der Waals surface area contributed by atoms with Crippen LogP contribution in [0.3, 0.4) is 0 Å². The molecule has 0 bridgehead atoms. The van der Waals surface area contributed by atoms with Crippen LogP contribution in [0.25, 0.3) is 21.5 Å². The fourth-order valence-corrected chi connectivity index (χ4v) is 7.08. The number of carbonyl (C=O) groups excluding carboxylic acids is 2. The van der Waals surface area contributed by atoms with Crippen LogP contribution >= 0.6 is 46.7 Å². The molecule has 0 atom stereocenters. The van der Waals surface area contributed by atoms with E-state index in [0.717, 1.165) is 21.5 Å². The molecule has 0 aromatic heterocycles. The summed E-state index contributed by atoms with van der Waals surface area (Å²) in [6.45, 7) is 0. The first-order chi connectivity index (χ1) is 14.5. The van der Waals surface area contributed by atoms with Crippen LogP contribution in [0.1, 0.15) is 20.7 Å². The van der Waals surface area contributed by atoms with E-state index in [9.17, 15) is 9.59 Å². The monoisotopic (exact) mass is 464 g/mol. The van der Waals surface area contributed by atoms with E-state index in [0.29, 0.717) is 40.8 Å². The normalized spacial score (nSPS) is 17.8. The Balaban J connectivity index is 1.53. The molecule has 30 heavy (non-hydrogen) atoms. The summed E-state index contributed by atoms with van der Waals surface area (Å²) >= 11 is 15.8. The fraction of sp³-hybridized carbons (Fsp3) is 0. The van der Waals surface area contributed by atoms with E-state index in [2.05, 4.69) is 0 Å². The molecule has 144 valence electrons. The van der Waals surface area contributed by atoms with Gasteiger partial charge in [0.25, 0.3) is 0 Å². The SMILES string of the molecule is O=C1/C(=C2\Sc3c(cc4ccccc4c3Cl)C2=O)Sc2c1cc1ccccc1c2Cl. The van der Waals surface area contributed by atoms with Crippen molar-refractivity contribution >= 4 is 79.8 Å². The van der Waals surface area contributed by atoms with Crippen molar-refractivity contribution in [1.29, 1.82) is 0 Å². The lowest BCUT2D eigenvalue weighted by Crippen LogP contribution is -2.02. The molecule has 2 heterocycles. The average molecular weight is 465 g/mol. The molecule has 0 radical (unpaired) electrons. The van der Waals surface area contributed by atoms with Gasteiger partial charge in [0.1, 0.15) is 0 Å². The lowest BCUT2D eigenvalue weighted by atomic mass is 10.0. The quantitative estimate of drug-likeness (QED) is 0.248. The number of halogens is 2. The highest BCUT2D eigenvalue weighted by Gasteiger charge is 2.38. The van der Waals surface area contributed by atoms with E-state index >= 15 is 0 Å². The van der Waals surface area contributed by atoms with Crippen LogP contribution in [0, 0.1) is 0 Å². The zero-order valence-electron chi connectivity index (χ0n) is 15.2. The molecular weight excluding hydrogens is 455 g/mol. The fourth-order valence-electron chi connectivity index (χ4n) is 3.95. The molecule has 0 saturated carbocycles. The van der Waals surface area contributed by atoms with Crippen LogP contribution in [-0.4, -0.2) is 11.6 Å². The topological polar surface area (TPSA) is 34.1 Å². The van der Waals surface area contributed by atoms with Crippen molar-refractivity contribution < 1.29 is 9.59 Å². The maximum absolute atomic E-state index is 13.3. The van der Waals surface area contributed by atoms with Gasteiger partial charge in [-0.05, 0) is 22.9 Å². The van der Waals surface area contributed by atoms with Crippen molar-refractivity contribution in [2.24, 2.45) is 0 Å². The van der Waals surface area contributed by atoms with Gasteiger partial charge in [-0.15, -0.1) is 0 Å². The van der Waals surface area contributed by atoms with Crippen LogP contribution in [-0.2, 0) is 0 Å². The van der Waals surface area contributed by atoms with Crippen molar-refractivity contribution in [1.82, 2.24) is 0 Å². The zero-order valence-corrected chi connectivity index (χ0v) is 18.3. The molecule has 4 aromatic carbocycles. The molecule has 2 nitrogen and oxygen atoms in total. The minimum atomic E-state index is -0.160. The summed E-state index contributed by atoms with van der Waals surface area (Å²) < 4.78 is 0. The van der Waals surface area contributed by atoms with Gasteiger partial charge in [-0.2, -0.15) is 0 Å². The second-order valence-electron chi connectivity index (χ2n) is 7.10. The second-order valence-corrected chi connectivity index (χ2v) is 9.89. The van der Waals surface area contributed by atoms with Crippen LogP contribution in [0.15, 0.2) is 80.3 Å². The minimum absolute atomic E-state index is 0.160. The van der Waals surface area contributed by atoms with Crippen molar-refractivity contribution in [3.05, 3.63) is 91.6 Å².